The summed E-state index contributed by atoms with van der Waals surface area (Å²) in [6.07, 6.45) is -1.79. The molecular weight excluding hydrogens is 736 g/mol. The van der Waals surface area contributed by atoms with Gasteiger partial charge in [0.2, 0.25) is 5.91 Å². The number of rotatable bonds is 10. The lowest BCUT2D eigenvalue weighted by Gasteiger charge is -2.46. The third-order valence-corrected chi connectivity index (χ3v) is 12.3. The predicted octanol–water partition coefficient (Wildman–Crippen LogP) is 3.43. The fourth-order valence-corrected chi connectivity index (χ4v) is 9.03. The van der Waals surface area contributed by atoms with Gasteiger partial charge in [-0.25, -0.2) is 20.2 Å². The first-order valence-electron chi connectivity index (χ1n) is 20.3. The number of aryl methyl sites for hydroxylation is 1. The Hall–Kier alpha value is -3.67. The zero-order valence-electron chi connectivity index (χ0n) is 35.4. The number of aliphatic hydroxyl groups is 1. The molecule has 2 amide bonds. The minimum atomic E-state index is -1.48. The summed E-state index contributed by atoms with van der Waals surface area (Å²) >= 11 is 0. The first-order chi connectivity index (χ1) is 26.9. The van der Waals surface area contributed by atoms with Crippen molar-refractivity contribution in [3.8, 4) is 0 Å². The number of fused-ring (bicyclic) bond motifs is 2. The van der Waals surface area contributed by atoms with Crippen molar-refractivity contribution >= 4 is 34.8 Å². The van der Waals surface area contributed by atoms with Crippen LogP contribution < -0.4 is 10.7 Å². The SMILES string of the molecule is CC[C@@H]1OC(=O)[C@H](C)C(=O)[C@H](C)[C@H](O[C@@H]2O[C@H](C)C[C@H](N(C)C)[C@H]2O)[C@@](C)(OC)C[C@@H](C)NC(=O)C(C)[C@H]2N(NCCCn3cnc4ccccc43)C(=O)O[C@]12C. The molecule has 1 unspecified atom stereocenters. The number of ketones is 1. The minimum Gasteiger partial charge on any atom is -0.458 e. The van der Waals surface area contributed by atoms with Crippen molar-refractivity contribution < 1.29 is 48.0 Å². The van der Waals surface area contributed by atoms with E-state index in [9.17, 15) is 24.3 Å². The number of carbonyl (C=O) groups excluding carboxylic acids is 4. The largest absolute Gasteiger partial charge is 0.458 e. The van der Waals surface area contributed by atoms with Crippen LogP contribution in [0.5, 0.6) is 0 Å². The molecule has 4 heterocycles. The van der Waals surface area contributed by atoms with Gasteiger partial charge in [0.05, 0.1) is 41.1 Å². The monoisotopic (exact) mass is 800 g/mol. The summed E-state index contributed by atoms with van der Waals surface area (Å²) < 4.78 is 33.1. The fourth-order valence-electron chi connectivity index (χ4n) is 9.03. The van der Waals surface area contributed by atoms with E-state index in [0.29, 0.717) is 25.9 Å². The average molecular weight is 801 g/mol. The summed E-state index contributed by atoms with van der Waals surface area (Å²) in [6, 6.07) is 6.12. The van der Waals surface area contributed by atoms with Crippen LogP contribution in [-0.2, 0) is 44.6 Å². The molecule has 16 heteroatoms. The number of cyclic esters (lactones) is 1. The van der Waals surface area contributed by atoms with E-state index in [-0.39, 0.29) is 30.9 Å². The topological polar surface area (TPSA) is 183 Å². The van der Waals surface area contributed by atoms with E-state index in [4.69, 9.17) is 23.7 Å². The second-order valence-electron chi connectivity index (χ2n) is 16.8. The molecule has 57 heavy (non-hydrogen) atoms. The Morgan fingerprint density at radius 2 is 1.77 bits per heavy atom. The number of aliphatic hydroxyl groups excluding tert-OH is 1. The number of benzene rings is 1. The van der Waals surface area contributed by atoms with Gasteiger partial charge in [0.25, 0.3) is 0 Å². The van der Waals surface area contributed by atoms with E-state index in [0.717, 1.165) is 11.0 Å². The number of imidazole rings is 1. The van der Waals surface area contributed by atoms with Crippen LogP contribution in [-0.4, -0.2) is 136 Å². The van der Waals surface area contributed by atoms with Gasteiger partial charge in [-0.15, -0.1) is 0 Å². The summed E-state index contributed by atoms with van der Waals surface area (Å²) in [5.74, 6) is -4.71. The normalized spacial score (nSPS) is 37.4. The van der Waals surface area contributed by atoms with Crippen LogP contribution in [0.1, 0.15) is 81.1 Å². The van der Waals surface area contributed by atoms with Crippen molar-refractivity contribution in [2.75, 3.05) is 27.7 Å². The number of carbonyl (C=O) groups is 4. The van der Waals surface area contributed by atoms with Gasteiger partial charge in [-0.05, 0) is 86.5 Å². The molecule has 1 aromatic carbocycles. The van der Waals surface area contributed by atoms with E-state index in [1.165, 1.54) is 19.0 Å². The van der Waals surface area contributed by atoms with Crippen molar-refractivity contribution in [1.82, 2.24) is 30.2 Å². The molecule has 5 rings (SSSR count). The van der Waals surface area contributed by atoms with Gasteiger partial charge >= 0.3 is 12.1 Å². The molecule has 0 radical (unpaired) electrons. The highest BCUT2D eigenvalue weighted by atomic mass is 16.7. The van der Waals surface area contributed by atoms with Crippen molar-refractivity contribution in [2.24, 2.45) is 17.8 Å². The molecule has 318 valence electrons. The molecular formula is C41H64N6O10. The number of nitrogens with one attached hydrogen (secondary N) is 2. The van der Waals surface area contributed by atoms with E-state index in [1.54, 1.807) is 40.9 Å². The van der Waals surface area contributed by atoms with E-state index >= 15 is 0 Å². The number of amides is 2. The summed E-state index contributed by atoms with van der Waals surface area (Å²) in [6.45, 7) is 14.8. The summed E-state index contributed by atoms with van der Waals surface area (Å²) in [7, 11) is 5.24. The number of likely N-dealkylation sites (N-methyl/N-ethyl adjacent to an activating group) is 1. The Kier molecular flexibility index (Phi) is 14.1. The Morgan fingerprint density at radius 3 is 2.44 bits per heavy atom. The van der Waals surface area contributed by atoms with Gasteiger partial charge in [-0.3, -0.25) is 14.4 Å². The van der Waals surface area contributed by atoms with Crippen molar-refractivity contribution in [3.05, 3.63) is 30.6 Å². The standard InChI is InChI=1S/C41H64N6O10/c1-12-31-41(8)34(47(39(52)57-41)43-18-15-19-46-22-42-28-16-13-14-17-29(28)46)27(6)36(50)44-23(2)21-40(7,53-11)35(25(4)32(48)26(5)37(51)55-31)56-38-33(49)30(45(9)10)20-24(3)54-38/h13-14,16-17,22-27,30-31,33-35,38,43,49H,12,15,18-21H2,1-11H3,(H,44,50)/t23-,24-,25+,26-,27?,30+,31+,33-,34-,35+,38+,40+,41-/m1/s1. The van der Waals surface area contributed by atoms with Crippen molar-refractivity contribution in [1.29, 1.82) is 0 Å². The molecule has 13 atom stereocenters. The number of Topliss-reactive ketones (excluding diaryl/α,β-unsaturated/α-hetero) is 1. The quantitative estimate of drug-likeness (QED) is 0.181. The highest BCUT2D eigenvalue weighted by Crippen LogP contribution is 2.40. The van der Waals surface area contributed by atoms with Crippen molar-refractivity contribution in [3.63, 3.8) is 0 Å². The molecule has 2 aromatic rings. The lowest BCUT2D eigenvalue weighted by molar-refractivity contribution is -0.295. The molecule has 0 saturated carbocycles. The first-order valence-corrected chi connectivity index (χ1v) is 20.3. The second kappa shape index (κ2) is 18.1. The van der Waals surface area contributed by atoms with Crippen LogP contribution in [0.3, 0.4) is 0 Å². The predicted molar refractivity (Wildman–Crippen MR) is 210 cm³/mol. The molecule has 3 fully saturated rings. The van der Waals surface area contributed by atoms with Crippen LogP contribution in [0.25, 0.3) is 11.0 Å². The smallest absolute Gasteiger partial charge is 0.425 e. The van der Waals surface area contributed by atoms with E-state index in [1.807, 2.05) is 61.7 Å². The van der Waals surface area contributed by atoms with Crippen LogP contribution in [0.2, 0.25) is 0 Å². The molecule has 3 aliphatic rings. The number of aromatic nitrogens is 2. The van der Waals surface area contributed by atoms with Gasteiger partial charge < -0.3 is 43.6 Å². The van der Waals surface area contributed by atoms with Crippen LogP contribution >= 0.6 is 0 Å². The zero-order valence-corrected chi connectivity index (χ0v) is 35.4. The van der Waals surface area contributed by atoms with Gasteiger partial charge in [0.15, 0.2) is 17.7 Å². The number of esters is 1. The average Bonchev–Trinajstić information content (AvgIpc) is 3.70. The summed E-state index contributed by atoms with van der Waals surface area (Å²) in [5.41, 5.74) is 2.39. The number of ether oxygens (including phenoxy) is 5. The van der Waals surface area contributed by atoms with E-state index in [2.05, 4.69) is 15.7 Å². The maximum Gasteiger partial charge on any atom is 0.425 e. The Balaban J connectivity index is 1.44. The first kappa shape index (κ1) is 44.4. The molecule has 3 saturated heterocycles. The third-order valence-electron chi connectivity index (χ3n) is 12.3. The van der Waals surface area contributed by atoms with Gasteiger partial charge in [0, 0.05) is 38.2 Å². The molecule has 0 bridgehead atoms. The lowest BCUT2D eigenvalue weighted by Crippen LogP contribution is -2.61. The lowest BCUT2D eigenvalue weighted by atomic mass is 9.79. The van der Waals surface area contributed by atoms with Gasteiger partial charge in [-0.2, -0.15) is 0 Å². The van der Waals surface area contributed by atoms with Crippen LogP contribution in [0.4, 0.5) is 4.79 Å². The molecule has 0 spiro atoms. The summed E-state index contributed by atoms with van der Waals surface area (Å²) in [4.78, 5) is 62.7. The van der Waals surface area contributed by atoms with Gasteiger partial charge in [-0.1, -0.05) is 32.9 Å². The maximum absolute atomic E-state index is 14.3. The zero-order chi connectivity index (χ0) is 42.0. The van der Waals surface area contributed by atoms with Crippen LogP contribution in [0, 0.1) is 17.8 Å². The fraction of sp³-hybridized carbons (Fsp3) is 0.732. The Morgan fingerprint density at radius 1 is 1.07 bits per heavy atom. The molecule has 3 N–H and O–H groups in total. The Bertz CT molecular complexity index is 1740. The summed E-state index contributed by atoms with van der Waals surface area (Å²) in [5, 5.41) is 15.9. The molecule has 1 aromatic heterocycles. The molecule has 0 aliphatic carbocycles. The van der Waals surface area contributed by atoms with Crippen LogP contribution in [0.15, 0.2) is 30.6 Å². The number of nitrogens with zero attached hydrogens (tertiary/aromatic N) is 4. The third kappa shape index (κ3) is 9.15. The number of methoxy groups -OCH3 is 1. The second-order valence-corrected chi connectivity index (χ2v) is 16.8. The number of hydrogen-bond acceptors (Lipinski definition) is 13. The Labute approximate surface area is 336 Å². The van der Waals surface area contributed by atoms with Crippen molar-refractivity contribution in [2.45, 2.75) is 148 Å². The minimum absolute atomic E-state index is 0.179. The highest BCUT2D eigenvalue weighted by molar-refractivity contribution is 6.00. The van der Waals surface area contributed by atoms with E-state index < -0.39 is 83.5 Å². The maximum atomic E-state index is 14.3. The number of para-hydroxylation sites is 2. The molecule has 16 nitrogen and oxygen atoms in total. The number of hydrazine groups is 1. The molecule has 3 aliphatic heterocycles. The number of hydrogen-bond donors (Lipinski definition) is 3. The van der Waals surface area contributed by atoms with Gasteiger partial charge in [0.1, 0.15) is 24.2 Å². The highest BCUT2D eigenvalue weighted by Gasteiger charge is 2.60.